The topological polar surface area (TPSA) is 32.8 Å². The number of hydrogen-bond acceptors (Lipinski definition) is 4. The second-order valence-electron chi connectivity index (χ2n) is 17.9. The molecule has 320 valence electrons. The largest absolute Gasteiger partial charge is 0.456 e. The Morgan fingerprint density at radius 3 is 0.969 bits per heavy atom. The molecule has 0 N–H and O–H groups in total. The van der Waals surface area contributed by atoms with Crippen LogP contribution in [0.1, 0.15) is 75.3 Å². The van der Waals surface area contributed by atoms with Crippen LogP contribution in [0.5, 0.6) is 0 Å². The molecule has 0 fully saturated rings. The fourth-order valence-corrected chi connectivity index (χ4v) is 9.85. The number of aryl methyl sites for hydroxylation is 4. The Hall–Kier alpha value is -7.30. The van der Waals surface area contributed by atoms with Crippen LogP contribution in [0.3, 0.4) is 0 Å². The van der Waals surface area contributed by atoms with Crippen LogP contribution >= 0.6 is 0 Å². The first-order valence-corrected chi connectivity index (χ1v) is 23.5. The Morgan fingerprint density at radius 1 is 0.338 bits per heavy atom. The SMILES string of the molecule is CCc1ccc(N(c2ccc(CC)cc2)c2ccc3cc4c(cc3c2)oc2c(C(C)C)c3oc5cc6cc(N(c7ccc(CC)cc7)c7ccc(CC)cc7)ccc6cc5c3cc24)cc1. The molecule has 2 heterocycles. The smallest absolute Gasteiger partial charge is 0.142 e. The number of hydrogen-bond donors (Lipinski definition) is 0. The highest BCUT2D eigenvalue weighted by molar-refractivity contribution is 6.20. The van der Waals surface area contributed by atoms with Crippen molar-refractivity contribution in [1.29, 1.82) is 0 Å². The highest BCUT2D eigenvalue weighted by Crippen LogP contribution is 2.46. The van der Waals surface area contributed by atoms with Gasteiger partial charge in [-0.2, -0.15) is 0 Å². The summed E-state index contributed by atoms with van der Waals surface area (Å²) in [7, 11) is 0. The van der Waals surface area contributed by atoms with Crippen LogP contribution in [0, 0.1) is 0 Å². The average Bonchev–Trinajstić information content (AvgIpc) is 3.88. The molecule has 65 heavy (non-hydrogen) atoms. The van der Waals surface area contributed by atoms with Crippen molar-refractivity contribution >= 4 is 99.5 Å². The van der Waals surface area contributed by atoms with E-state index in [9.17, 15) is 0 Å². The van der Waals surface area contributed by atoms with Gasteiger partial charge in [0.25, 0.3) is 0 Å². The van der Waals surface area contributed by atoms with E-state index in [2.05, 4.69) is 215 Å². The lowest BCUT2D eigenvalue weighted by Crippen LogP contribution is -2.10. The normalized spacial score (nSPS) is 11.9. The zero-order valence-corrected chi connectivity index (χ0v) is 38.2. The molecule has 0 spiro atoms. The molecule has 4 heteroatoms. The lowest BCUT2D eigenvalue weighted by atomic mass is 9.95. The summed E-state index contributed by atoms with van der Waals surface area (Å²) in [5, 5.41) is 9.09. The molecule has 11 aromatic rings. The van der Waals surface area contributed by atoms with Gasteiger partial charge in [-0.05, 0) is 179 Å². The second-order valence-corrected chi connectivity index (χ2v) is 17.9. The summed E-state index contributed by atoms with van der Waals surface area (Å²) in [5.41, 5.74) is 16.7. The molecule has 11 rings (SSSR count). The molecule has 0 atom stereocenters. The molecule has 4 nitrogen and oxygen atoms in total. The van der Waals surface area contributed by atoms with Crippen molar-refractivity contribution in [2.24, 2.45) is 0 Å². The van der Waals surface area contributed by atoms with Crippen molar-refractivity contribution in [2.75, 3.05) is 9.80 Å². The second kappa shape index (κ2) is 16.4. The van der Waals surface area contributed by atoms with Gasteiger partial charge in [-0.1, -0.05) is 102 Å². The van der Waals surface area contributed by atoms with E-state index in [0.717, 1.165) is 120 Å². The van der Waals surface area contributed by atoms with Gasteiger partial charge in [0.2, 0.25) is 0 Å². The van der Waals surface area contributed by atoms with E-state index in [1.165, 1.54) is 33.0 Å². The molecule has 0 bridgehead atoms. The summed E-state index contributed by atoms with van der Waals surface area (Å²) >= 11 is 0. The van der Waals surface area contributed by atoms with Gasteiger partial charge in [-0.25, -0.2) is 0 Å². The molecule has 0 aliphatic heterocycles. The molecule has 0 radical (unpaired) electrons. The van der Waals surface area contributed by atoms with E-state index < -0.39 is 0 Å². The number of nitrogens with zero attached hydrogens (tertiary/aromatic N) is 2. The number of anilines is 6. The minimum absolute atomic E-state index is 0.169. The third-order valence-corrected chi connectivity index (χ3v) is 13.6. The highest BCUT2D eigenvalue weighted by Gasteiger charge is 2.23. The Kier molecular flexibility index (Phi) is 10.2. The molecule has 0 amide bonds. The molecule has 0 saturated heterocycles. The third kappa shape index (κ3) is 7.09. The summed E-state index contributed by atoms with van der Waals surface area (Å²) in [4.78, 5) is 4.71. The number of fused-ring (bicyclic) bond motifs is 8. The third-order valence-electron chi connectivity index (χ3n) is 13.6. The van der Waals surface area contributed by atoms with Gasteiger partial charge < -0.3 is 18.6 Å². The van der Waals surface area contributed by atoms with Gasteiger partial charge in [0.05, 0.1) is 0 Å². The highest BCUT2D eigenvalue weighted by atomic mass is 16.3. The van der Waals surface area contributed by atoms with E-state index in [1.54, 1.807) is 0 Å². The van der Waals surface area contributed by atoms with Crippen LogP contribution in [0.4, 0.5) is 34.1 Å². The van der Waals surface area contributed by atoms with E-state index in [0.29, 0.717) is 0 Å². The summed E-state index contributed by atoms with van der Waals surface area (Å²) < 4.78 is 13.9. The summed E-state index contributed by atoms with van der Waals surface area (Å²) in [5.74, 6) is 0.169. The zero-order chi connectivity index (χ0) is 44.3. The van der Waals surface area contributed by atoms with Gasteiger partial charge in [0.15, 0.2) is 0 Å². The Balaban J connectivity index is 1.03. The van der Waals surface area contributed by atoms with Crippen molar-refractivity contribution in [3.63, 3.8) is 0 Å². The van der Waals surface area contributed by atoms with Crippen LogP contribution in [0.2, 0.25) is 0 Å². The maximum atomic E-state index is 6.93. The van der Waals surface area contributed by atoms with Crippen LogP contribution in [-0.2, 0) is 25.7 Å². The van der Waals surface area contributed by atoms with E-state index in [1.807, 2.05) is 0 Å². The molecule has 0 aliphatic rings. The van der Waals surface area contributed by atoms with E-state index in [-0.39, 0.29) is 5.92 Å². The summed E-state index contributed by atoms with van der Waals surface area (Å²) in [6.45, 7) is 13.3. The Labute approximate surface area is 381 Å². The predicted molar refractivity (Wildman–Crippen MR) is 277 cm³/mol. The minimum Gasteiger partial charge on any atom is -0.456 e. The Bertz CT molecular complexity index is 3210. The first kappa shape index (κ1) is 40.5. The summed E-state index contributed by atoms with van der Waals surface area (Å²) in [6.07, 6.45) is 4.04. The van der Waals surface area contributed by atoms with E-state index >= 15 is 0 Å². The van der Waals surface area contributed by atoms with Crippen molar-refractivity contribution < 1.29 is 8.83 Å². The predicted octanol–water partition coefficient (Wildman–Crippen LogP) is 18.1. The molecule has 0 saturated carbocycles. The number of rotatable bonds is 11. The summed E-state index contributed by atoms with van der Waals surface area (Å²) in [6, 6.07) is 60.8. The van der Waals surface area contributed by atoms with Crippen molar-refractivity contribution in [3.8, 4) is 0 Å². The zero-order valence-electron chi connectivity index (χ0n) is 38.2. The molecule has 2 aromatic heterocycles. The van der Waals surface area contributed by atoms with Crippen molar-refractivity contribution in [2.45, 2.75) is 73.1 Å². The number of furan rings is 2. The average molecular weight is 847 g/mol. The van der Waals surface area contributed by atoms with Crippen LogP contribution in [0.25, 0.3) is 65.4 Å². The number of benzene rings is 9. The van der Waals surface area contributed by atoms with Gasteiger partial charge in [-0.15, -0.1) is 0 Å². The van der Waals surface area contributed by atoms with Crippen LogP contribution in [-0.4, -0.2) is 0 Å². The molecular formula is C61H54N2O2. The fraction of sp³-hybridized carbons (Fsp3) is 0.180. The first-order chi connectivity index (χ1) is 31.8. The Morgan fingerprint density at radius 2 is 0.662 bits per heavy atom. The fourth-order valence-electron chi connectivity index (χ4n) is 9.85. The van der Waals surface area contributed by atoms with E-state index in [4.69, 9.17) is 8.83 Å². The van der Waals surface area contributed by atoms with Crippen LogP contribution < -0.4 is 9.80 Å². The van der Waals surface area contributed by atoms with Gasteiger partial charge in [0, 0.05) is 61.2 Å². The van der Waals surface area contributed by atoms with Crippen LogP contribution in [0.15, 0.2) is 173 Å². The molecule has 0 unspecified atom stereocenters. The molecule has 0 aliphatic carbocycles. The van der Waals surface area contributed by atoms with Gasteiger partial charge in [0.1, 0.15) is 22.3 Å². The van der Waals surface area contributed by atoms with Gasteiger partial charge in [-0.3, -0.25) is 0 Å². The van der Waals surface area contributed by atoms with Crippen molar-refractivity contribution in [3.05, 3.63) is 192 Å². The maximum absolute atomic E-state index is 6.93. The molecule has 9 aromatic carbocycles. The quantitative estimate of drug-likeness (QED) is 0.130. The minimum atomic E-state index is 0.169. The standard InChI is InChI=1S/C61H54N2O2/c1-7-39-11-21-47(22-12-39)62(48-23-13-40(8-2)14-24-48)51-29-19-43-33-53-55-37-56-54-34-44-20-30-52(63(49-25-15-41(9-3)16-26-49)50-27-17-42(10-4)18-28-50)32-46(44)36-58(54)65-61(56)59(38(5)6)60(55)64-57(53)35-45(43)31-51/h11-38H,7-10H2,1-6H3. The first-order valence-electron chi connectivity index (χ1n) is 23.5. The van der Waals surface area contributed by atoms with Gasteiger partial charge >= 0.3 is 0 Å². The lowest BCUT2D eigenvalue weighted by molar-refractivity contribution is 0.638. The monoisotopic (exact) mass is 846 g/mol. The maximum Gasteiger partial charge on any atom is 0.142 e. The molecular weight excluding hydrogens is 793 g/mol. The lowest BCUT2D eigenvalue weighted by Gasteiger charge is -2.26. The van der Waals surface area contributed by atoms with Crippen molar-refractivity contribution in [1.82, 2.24) is 0 Å².